The van der Waals surface area contributed by atoms with Gasteiger partial charge in [-0.2, -0.15) is 0 Å². The molecule has 0 aliphatic heterocycles. The third-order valence-corrected chi connectivity index (χ3v) is 3.42. The van der Waals surface area contributed by atoms with Crippen molar-refractivity contribution in [1.82, 2.24) is 14.5 Å². The molecule has 3 rings (SSSR count). The highest BCUT2D eigenvalue weighted by molar-refractivity contribution is 7.71. The van der Waals surface area contributed by atoms with Gasteiger partial charge in [0.05, 0.1) is 17.3 Å². The third kappa shape index (κ3) is 2.69. The monoisotopic (exact) mass is 299 g/mol. The molecule has 0 unspecified atom stereocenters. The van der Waals surface area contributed by atoms with Crippen LogP contribution in [0, 0.1) is 11.7 Å². The van der Waals surface area contributed by atoms with Gasteiger partial charge in [0.1, 0.15) is 5.75 Å². The molecule has 0 atom stereocenters. The summed E-state index contributed by atoms with van der Waals surface area (Å²) in [4.78, 5) is 7.76. The Morgan fingerprint density at radius 1 is 1.14 bits per heavy atom. The van der Waals surface area contributed by atoms with Crippen molar-refractivity contribution in [3.05, 3.63) is 46.9 Å². The minimum atomic E-state index is 0.162. The van der Waals surface area contributed by atoms with Gasteiger partial charge in [0.25, 0.3) is 0 Å². The molecule has 2 aromatic heterocycles. The normalized spacial score (nSPS) is 11.2. The predicted octanol–water partition coefficient (Wildman–Crippen LogP) is 4.18. The molecule has 5 heteroatoms. The van der Waals surface area contributed by atoms with Crippen LogP contribution in [0.4, 0.5) is 0 Å². The van der Waals surface area contributed by atoms with Crippen molar-refractivity contribution in [2.75, 3.05) is 0 Å². The second-order valence-corrected chi connectivity index (χ2v) is 5.64. The first-order chi connectivity index (χ1) is 10.0. The highest BCUT2D eigenvalue weighted by Gasteiger charge is 2.08. The molecule has 0 aliphatic rings. The van der Waals surface area contributed by atoms with Crippen LogP contribution in [0.5, 0.6) is 5.75 Å². The number of nitrogens with one attached hydrogen (secondary N) is 1. The van der Waals surface area contributed by atoms with Crippen LogP contribution in [0.1, 0.15) is 19.5 Å². The van der Waals surface area contributed by atoms with Crippen LogP contribution in [0.25, 0.3) is 16.9 Å². The van der Waals surface area contributed by atoms with Gasteiger partial charge in [0, 0.05) is 5.69 Å². The zero-order valence-electron chi connectivity index (χ0n) is 12.3. The minimum Gasteiger partial charge on any atom is -0.491 e. The summed E-state index contributed by atoms with van der Waals surface area (Å²) >= 11 is 5.42. The van der Waals surface area contributed by atoms with Gasteiger partial charge in [-0.25, -0.2) is 4.98 Å². The lowest BCUT2D eigenvalue weighted by atomic mass is 10.3. The second kappa shape index (κ2) is 5.33. The Kier molecular flexibility index (Phi) is 3.51. The van der Waals surface area contributed by atoms with Gasteiger partial charge in [-0.15, -0.1) is 0 Å². The van der Waals surface area contributed by atoms with Crippen LogP contribution < -0.4 is 4.74 Å². The number of aromatic amines is 1. The Morgan fingerprint density at radius 2 is 1.86 bits per heavy atom. The molecule has 0 radical (unpaired) electrons. The van der Waals surface area contributed by atoms with Crippen molar-refractivity contribution in [3.63, 3.8) is 0 Å². The molecule has 0 spiro atoms. The molecule has 1 N–H and O–H groups in total. The van der Waals surface area contributed by atoms with Gasteiger partial charge in [0.15, 0.2) is 10.4 Å². The summed E-state index contributed by atoms with van der Waals surface area (Å²) < 4.78 is 8.25. The quantitative estimate of drug-likeness (QED) is 0.738. The number of hydrogen-bond donors (Lipinski definition) is 1. The molecule has 2 heterocycles. The van der Waals surface area contributed by atoms with Gasteiger partial charge < -0.3 is 9.72 Å². The number of nitrogens with zero attached hydrogens (tertiary/aromatic N) is 2. The number of aromatic nitrogens is 3. The van der Waals surface area contributed by atoms with E-state index in [0.29, 0.717) is 4.77 Å². The fraction of sp³-hybridized carbons (Fsp3) is 0.250. The van der Waals surface area contributed by atoms with E-state index < -0.39 is 0 Å². The first-order valence-electron chi connectivity index (χ1n) is 6.90. The van der Waals surface area contributed by atoms with E-state index in [2.05, 4.69) is 9.97 Å². The van der Waals surface area contributed by atoms with Crippen molar-refractivity contribution in [3.8, 4) is 11.4 Å². The van der Waals surface area contributed by atoms with Crippen molar-refractivity contribution in [1.29, 1.82) is 0 Å². The summed E-state index contributed by atoms with van der Waals surface area (Å²) in [5.41, 5.74) is 3.72. The zero-order valence-corrected chi connectivity index (χ0v) is 13.1. The molecule has 0 amide bonds. The lowest BCUT2D eigenvalue weighted by molar-refractivity contribution is 0.242. The van der Waals surface area contributed by atoms with Crippen molar-refractivity contribution in [2.24, 2.45) is 0 Å². The van der Waals surface area contributed by atoms with Crippen LogP contribution in [-0.2, 0) is 0 Å². The Balaban J connectivity index is 2.09. The van der Waals surface area contributed by atoms with E-state index in [1.54, 1.807) is 0 Å². The minimum absolute atomic E-state index is 0.162. The summed E-state index contributed by atoms with van der Waals surface area (Å²) in [6, 6.07) is 11.9. The fourth-order valence-electron chi connectivity index (χ4n) is 2.26. The average Bonchev–Trinajstić information content (AvgIpc) is 2.74. The summed E-state index contributed by atoms with van der Waals surface area (Å²) in [6.07, 6.45) is 0.162. The number of fused-ring (bicyclic) bond motifs is 1. The van der Waals surface area contributed by atoms with Crippen LogP contribution >= 0.6 is 12.2 Å². The fourth-order valence-corrected chi connectivity index (χ4v) is 2.57. The Labute approximate surface area is 128 Å². The van der Waals surface area contributed by atoms with Gasteiger partial charge in [-0.05, 0) is 69.4 Å². The number of pyridine rings is 1. The zero-order chi connectivity index (χ0) is 15.0. The van der Waals surface area contributed by atoms with Crippen molar-refractivity contribution < 1.29 is 4.74 Å². The second-order valence-electron chi connectivity index (χ2n) is 5.25. The van der Waals surface area contributed by atoms with E-state index in [1.165, 1.54) is 0 Å². The van der Waals surface area contributed by atoms with Gasteiger partial charge in [0.2, 0.25) is 0 Å². The number of ether oxygens (including phenoxy) is 1. The molecule has 0 saturated heterocycles. The highest BCUT2D eigenvalue weighted by atomic mass is 32.1. The molecule has 0 bridgehead atoms. The van der Waals surface area contributed by atoms with E-state index >= 15 is 0 Å². The Bertz CT molecular complexity index is 831. The number of H-pyrrole nitrogens is 1. The molecule has 4 nitrogen and oxygen atoms in total. The Morgan fingerprint density at radius 3 is 2.52 bits per heavy atom. The lowest BCUT2D eigenvalue weighted by Crippen LogP contribution is -2.05. The standard InChI is InChI=1S/C16H17N3OS/c1-10(2)20-13-7-5-12(6-8-13)19-15-14(18-16(19)21)9-4-11(3)17-15/h4-10H,1-3H3,(H,18,21). The number of imidazole rings is 1. The SMILES string of the molecule is Cc1ccc2[nH]c(=S)n(-c3ccc(OC(C)C)cc3)c2n1. The average molecular weight is 299 g/mol. The maximum Gasteiger partial charge on any atom is 0.183 e. The van der Waals surface area contributed by atoms with Crippen LogP contribution in [0.3, 0.4) is 0 Å². The molecule has 21 heavy (non-hydrogen) atoms. The largest absolute Gasteiger partial charge is 0.491 e. The summed E-state index contributed by atoms with van der Waals surface area (Å²) in [5, 5.41) is 0. The van der Waals surface area contributed by atoms with E-state index in [0.717, 1.165) is 28.3 Å². The predicted molar refractivity (Wildman–Crippen MR) is 86.8 cm³/mol. The number of benzene rings is 1. The number of hydrogen-bond acceptors (Lipinski definition) is 3. The molecule has 0 saturated carbocycles. The Hall–Kier alpha value is -2.14. The van der Waals surface area contributed by atoms with Crippen LogP contribution in [-0.4, -0.2) is 20.6 Å². The topological polar surface area (TPSA) is 42.8 Å². The molecular weight excluding hydrogens is 282 g/mol. The number of aryl methyl sites for hydroxylation is 1. The van der Waals surface area contributed by atoms with E-state index in [9.17, 15) is 0 Å². The smallest absolute Gasteiger partial charge is 0.183 e. The van der Waals surface area contributed by atoms with E-state index in [4.69, 9.17) is 17.0 Å². The molecule has 1 aromatic carbocycles. The van der Waals surface area contributed by atoms with Crippen molar-refractivity contribution in [2.45, 2.75) is 26.9 Å². The molecule has 0 fully saturated rings. The number of rotatable bonds is 3. The molecule has 3 aromatic rings. The highest BCUT2D eigenvalue weighted by Crippen LogP contribution is 2.21. The summed E-state index contributed by atoms with van der Waals surface area (Å²) in [7, 11) is 0. The first kappa shape index (κ1) is 13.8. The van der Waals surface area contributed by atoms with Crippen LogP contribution in [0.15, 0.2) is 36.4 Å². The molecular formula is C16H17N3OS. The first-order valence-corrected chi connectivity index (χ1v) is 7.31. The maximum atomic E-state index is 5.66. The van der Waals surface area contributed by atoms with E-state index in [1.807, 2.05) is 61.7 Å². The lowest BCUT2D eigenvalue weighted by Gasteiger charge is -2.10. The van der Waals surface area contributed by atoms with Gasteiger partial charge >= 0.3 is 0 Å². The molecule has 0 aliphatic carbocycles. The molecule has 108 valence electrons. The van der Waals surface area contributed by atoms with Crippen molar-refractivity contribution >= 4 is 23.4 Å². The summed E-state index contributed by atoms with van der Waals surface area (Å²) in [6.45, 7) is 5.99. The maximum absolute atomic E-state index is 5.66. The third-order valence-electron chi connectivity index (χ3n) is 3.14. The van der Waals surface area contributed by atoms with E-state index in [-0.39, 0.29) is 6.10 Å². The van der Waals surface area contributed by atoms with Gasteiger partial charge in [-0.1, -0.05) is 0 Å². The van der Waals surface area contributed by atoms with Crippen LogP contribution in [0.2, 0.25) is 0 Å². The summed E-state index contributed by atoms with van der Waals surface area (Å²) in [5.74, 6) is 0.851. The van der Waals surface area contributed by atoms with Gasteiger partial charge in [-0.3, -0.25) is 4.57 Å².